The van der Waals surface area contributed by atoms with Gasteiger partial charge in [0.1, 0.15) is 11.5 Å². The van der Waals surface area contributed by atoms with E-state index in [1.807, 2.05) is 54.7 Å². The lowest BCUT2D eigenvalue weighted by molar-refractivity contribution is -0.116. The van der Waals surface area contributed by atoms with Crippen molar-refractivity contribution >= 4 is 29.1 Å². The maximum Gasteiger partial charge on any atom is 0.275 e. The van der Waals surface area contributed by atoms with Gasteiger partial charge in [-0.3, -0.25) is 14.0 Å². The number of hydrogen-bond donors (Lipinski definition) is 3. The topological polar surface area (TPSA) is 104 Å². The second-order valence-electron chi connectivity index (χ2n) is 7.51. The molecule has 0 spiro atoms. The number of fused-ring (bicyclic) bond motifs is 1. The number of nitrogens with zero attached hydrogens (tertiary/aromatic N) is 4. The molecule has 4 aromatic rings. The Hall–Kier alpha value is -4.50. The maximum absolute atomic E-state index is 13.1. The highest BCUT2D eigenvalue weighted by Gasteiger charge is 2.30. The molecule has 0 unspecified atom stereocenters. The van der Waals surface area contributed by atoms with Crippen molar-refractivity contribution in [2.75, 3.05) is 24.2 Å². The Balaban J connectivity index is 1.38. The molecule has 0 saturated heterocycles. The molecule has 2 amide bonds. The zero-order chi connectivity index (χ0) is 22.8. The fraction of sp³-hybridized carbons (Fsp3) is 0.0833. The minimum Gasteiger partial charge on any atom is -0.322 e. The average molecular weight is 439 g/mol. The van der Waals surface area contributed by atoms with Gasteiger partial charge < -0.3 is 15.6 Å². The van der Waals surface area contributed by atoms with Crippen molar-refractivity contribution in [3.8, 4) is 11.3 Å². The van der Waals surface area contributed by atoms with Crippen molar-refractivity contribution in [3.63, 3.8) is 0 Å². The van der Waals surface area contributed by atoms with Crippen LogP contribution < -0.4 is 16.1 Å². The number of nitrogens with one attached hydrogen (secondary N) is 3. The van der Waals surface area contributed by atoms with Gasteiger partial charge >= 0.3 is 0 Å². The number of hydrazine groups is 1. The summed E-state index contributed by atoms with van der Waals surface area (Å²) in [5, 5.41) is 7.14. The van der Waals surface area contributed by atoms with Crippen molar-refractivity contribution in [2.24, 2.45) is 0 Å². The highest BCUT2D eigenvalue weighted by molar-refractivity contribution is 6.13. The Labute approximate surface area is 189 Å². The van der Waals surface area contributed by atoms with Gasteiger partial charge in [-0.1, -0.05) is 48.5 Å². The molecule has 164 valence electrons. The third-order valence-electron chi connectivity index (χ3n) is 5.27. The number of imidazole rings is 1. The van der Waals surface area contributed by atoms with Gasteiger partial charge in [0.05, 0.1) is 11.3 Å². The first-order valence-electron chi connectivity index (χ1n) is 10.4. The first-order chi connectivity index (χ1) is 16.1. The predicted molar refractivity (Wildman–Crippen MR) is 125 cm³/mol. The van der Waals surface area contributed by atoms with Crippen LogP contribution in [0, 0.1) is 0 Å². The van der Waals surface area contributed by atoms with Gasteiger partial charge in [-0.25, -0.2) is 10.4 Å². The Morgan fingerprint density at radius 1 is 0.909 bits per heavy atom. The van der Waals surface area contributed by atoms with Crippen LogP contribution in [-0.4, -0.2) is 44.8 Å². The van der Waals surface area contributed by atoms with Crippen molar-refractivity contribution in [2.45, 2.75) is 0 Å². The van der Waals surface area contributed by atoms with Crippen LogP contribution in [0.1, 0.15) is 0 Å². The first kappa shape index (κ1) is 20.4. The van der Waals surface area contributed by atoms with E-state index in [4.69, 9.17) is 0 Å². The van der Waals surface area contributed by atoms with Crippen LogP contribution in [0.4, 0.5) is 11.5 Å². The van der Waals surface area contributed by atoms with E-state index in [9.17, 15) is 9.59 Å². The smallest absolute Gasteiger partial charge is 0.275 e. The van der Waals surface area contributed by atoms with Crippen LogP contribution >= 0.6 is 0 Å². The molecule has 1 aliphatic heterocycles. The molecule has 33 heavy (non-hydrogen) atoms. The van der Waals surface area contributed by atoms with Crippen LogP contribution in [-0.2, 0) is 9.59 Å². The van der Waals surface area contributed by atoms with E-state index in [-0.39, 0.29) is 18.1 Å². The minimum atomic E-state index is -0.438. The van der Waals surface area contributed by atoms with Crippen LogP contribution in [0.2, 0.25) is 0 Å². The molecule has 0 bridgehead atoms. The normalized spacial score (nSPS) is 13.4. The molecule has 9 nitrogen and oxygen atoms in total. The van der Waals surface area contributed by atoms with Crippen molar-refractivity contribution in [1.29, 1.82) is 0 Å². The van der Waals surface area contributed by atoms with E-state index >= 15 is 0 Å². The molecule has 1 aliphatic rings. The monoisotopic (exact) mass is 439 g/mol. The van der Waals surface area contributed by atoms with Gasteiger partial charge in [0.15, 0.2) is 0 Å². The summed E-state index contributed by atoms with van der Waals surface area (Å²) in [5.74, 6) is 0.0219. The lowest BCUT2D eigenvalue weighted by Gasteiger charge is -2.16. The lowest BCUT2D eigenvalue weighted by atomic mass is 10.2. The second kappa shape index (κ2) is 8.56. The SMILES string of the molecule is CN1NCC(C(=O)Nc2ccccc2)=C1C(=O)Nc1ccn2cc(-c3ccccc3)nc2n1. The van der Waals surface area contributed by atoms with Gasteiger partial charge in [-0.2, -0.15) is 4.98 Å². The van der Waals surface area contributed by atoms with E-state index in [0.717, 1.165) is 11.3 Å². The average Bonchev–Trinajstić information content (AvgIpc) is 3.43. The zero-order valence-corrected chi connectivity index (χ0v) is 17.8. The number of para-hydroxylation sites is 1. The standard InChI is InChI=1S/C24H21N7O2/c1-30-21(18(14-25-30)22(32)26-17-10-6-3-7-11-17)23(33)28-20-12-13-31-15-19(27-24(31)29-20)16-8-4-2-5-9-16/h2-13,15,25H,14H2,1H3,(H,26,32)(H,27,28,29,33). The summed E-state index contributed by atoms with van der Waals surface area (Å²) >= 11 is 0. The number of carbonyl (C=O) groups is 2. The second-order valence-corrected chi connectivity index (χ2v) is 7.51. The Kier molecular flexibility index (Phi) is 5.29. The molecule has 3 N–H and O–H groups in total. The fourth-order valence-corrected chi connectivity index (χ4v) is 3.63. The number of hydrogen-bond acceptors (Lipinski definition) is 6. The quantitative estimate of drug-likeness (QED) is 0.442. The summed E-state index contributed by atoms with van der Waals surface area (Å²) < 4.78 is 1.79. The summed E-state index contributed by atoms with van der Waals surface area (Å²) in [4.78, 5) is 34.9. The number of anilines is 2. The number of amides is 2. The predicted octanol–water partition coefficient (Wildman–Crippen LogP) is 2.68. The van der Waals surface area contributed by atoms with Crippen molar-refractivity contribution in [1.82, 2.24) is 24.8 Å². The molecule has 0 saturated carbocycles. The van der Waals surface area contributed by atoms with Crippen molar-refractivity contribution < 1.29 is 9.59 Å². The molecule has 0 aliphatic carbocycles. The summed E-state index contributed by atoms with van der Waals surface area (Å²) in [6.07, 6.45) is 3.66. The van der Waals surface area contributed by atoms with Crippen LogP contribution in [0.5, 0.6) is 0 Å². The van der Waals surface area contributed by atoms with E-state index in [1.165, 1.54) is 5.01 Å². The number of benzene rings is 2. The summed E-state index contributed by atoms with van der Waals surface area (Å²) in [6, 6.07) is 20.6. The van der Waals surface area contributed by atoms with Crippen LogP contribution in [0.3, 0.4) is 0 Å². The molecular weight excluding hydrogens is 418 g/mol. The minimum absolute atomic E-state index is 0.235. The number of rotatable bonds is 5. The van der Waals surface area contributed by atoms with Gasteiger partial charge in [-0.15, -0.1) is 0 Å². The van der Waals surface area contributed by atoms with Crippen molar-refractivity contribution in [3.05, 3.63) is 90.4 Å². The summed E-state index contributed by atoms with van der Waals surface area (Å²) in [5.41, 5.74) is 6.00. The third-order valence-corrected chi connectivity index (χ3v) is 5.27. The molecule has 9 heteroatoms. The largest absolute Gasteiger partial charge is 0.322 e. The number of likely N-dealkylation sites (N-methyl/N-ethyl adjacent to an activating group) is 1. The molecule has 2 aromatic heterocycles. The Morgan fingerprint density at radius 3 is 2.39 bits per heavy atom. The molecular formula is C24H21N7O2. The lowest BCUT2D eigenvalue weighted by Crippen LogP contribution is -2.32. The summed E-state index contributed by atoms with van der Waals surface area (Å²) in [7, 11) is 1.69. The van der Waals surface area contributed by atoms with Gasteiger partial charge in [0, 0.05) is 37.2 Å². The number of carbonyl (C=O) groups excluding carboxylic acids is 2. The third kappa shape index (κ3) is 4.17. The van der Waals surface area contributed by atoms with E-state index < -0.39 is 5.91 Å². The summed E-state index contributed by atoms with van der Waals surface area (Å²) in [6.45, 7) is 0.241. The number of aromatic nitrogens is 3. The molecule has 2 aromatic carbocycles. The fourth-order valence-electron chi connectivity index (χ4n) is 3.63. The van der Waals surface area contributed by atoms with Crippen LogP contribution in [0.15, 0.2) is 90.4 Å². The Morgan fingerprint density at radius 2 is 1.64 bits per heavy atom. The van der Waals surface area contributed by atoms with E-state index in [1.54, 1.807) is 35.8 Å². The zero-order valence-electron chi connectivity index (χ0n) is 17.8. The van der Waals surface area contributed by atoms with Gasteiger partial charge in [-0.05, 0) is 18.2 Å². The first-order valence-corrected chi connectivity index (χ1v) is 10.4. The van der Waals surface area contributed by atoms with E-state index in [0.29, 0.717) is 22.9 Å². The Bertz CT molecular complexity index is 1360. The maximum atomic E-state index is 13.1. The molecule has 0 radical (unpaired) electrons. The molecule has 0 fully saturated rings. The molecule has 0 atom stereocenters. The van der Waals surface area contributed by atoms with Crippen LogP contribution in [0.25, 0.3) is 17.0 Å². The molecule has 3 heterocycles. The van der Waals surface area contributed by atoms with Gasteiger partial charge in [0.2, 0.25) is 5.78 Å². The highest BCUT2D eigenvalue weighted by Crippen LogP contribution is 2.21. The van der Waals surface area contributed by atoms with E-state index in [2.05, 4.69) is 26.0 Å². The molecule has 5 rings (SSSR count). The highest BCUT2D eigenvalue weighted by atomic mass is 16.2. The van der Waals surface area contributed by atoms with Gasteiger partial charge in [0.25, 0.3) is 11.8 Å².